The van der Waals surface area contributed by atoms with Gasteiger partial charge in [-0.15, -0.1) is 0 Å². The number of methoxy groups -OCH3 is 1. The third-order valence-corrected chi connectivity index (χ3v) is 3.37. The Bertz CT molecular complexity index is 576. The van der Waals surface area contributed by atoms with E-state index >= 15 is 0 Å². The van der Waals surface area contributed by atoms with E-state index < -0.39 is 0 Å². The highest BCUT2D eigenvalue weighted by Gasteiger charge is 2.22. The van der Waals surface area contributed by atoms with E-state index in [2.05, 4.69) is 25.0 Å². The molecule has 8 nitrogen and oxygen atoms in total. The summed E-state index contributed by atoms with van der Waals surface area (Å²) in [7, 11) is 1.72. The molecule has 0 spiro atoms. The maximum Gasteiger partial charge on any atom is 0.258 e. The number of hydrogen-bond acceptors (Lipinski definition) is 7. The van der Waals surface area contributed by atoms with Gasteiger partial charge in [-0.05, 0) is 24.4 Å². The molecule has 0 aliphatic carbocycles. The van der Waals surface area contributed by atoms with Crippen LogP contribution in [0.4, 0.5) is 5.95 Å². The molecule has 0 radical (unpaired) electrons. The quantitative estimate of drug-likeness (QED) is 0.825. The molecule has 0 bridgehead atoms. The molecule has 1 atom stereocenters. The summed E-state index contributed by atoms with van der Waals surface area (Å²) in [5, 5.41) is 4.13. The van der Waals surface area contributed by atoms with E-state index in [4.69, 9.17) is 16.3 Å². The molecule has 3 heterocycles. The summed E-state index contributed by atoms with van der Waals surface area (Å²) < 4.78 is 6.86. The smallest absolute Gasteiger partial charge is 0.258 e. The fourth-order valence-electron chi connectivity index (χ4n) is 2.20. The second kappa shape index (κ2) is 5.68. The molecule has 1 aliphatic rings. The molecule has 9 heteroatoms. The van der Waals surface area contributed by atoms with Crippen molar-refractivity contribution in [2.24, 2.45) is 0 Å². The van der Waals surface area contributed by atoms with Gasteiger partial charge in [0.15, 0.2) is 0 Å². The van der Waals surface area contributed by atoms with Gasteiger partial charge in [0.25, 0.3) is 5.95 Å². The first kappa shape index (κ1) is 13.2. The molecule has 0 amide bonds. The number of ether oxygens (including phenoxy) is 1. The first-order valence-electron chi connectivity index (χ1n) is 6.30. The number of piperidine rings is 1. The highest BCUT2D eigenvalue weighted by atomic mass is 35.5. The van der Waals surface area contributed by atoms with Crippen LogP contribution in [-0.4, -0.2) is 56.0 Å². The molecule has 2 aromatic rings. The van der Waals surface area contributed by atoms with E-state index in [1.807, 2.05) is 4.90 Å². The predicted octanol–water partition coefficient (Wildman–Crippen LogP) is 0.721. The van der Waals surface area contributed by atoms with Crippen LogP contribution in [0.3, 0.4) is 0 Å². The number of rotatable bonds is 3. The lowest BCUT2D eigenvalue weighted by molar-refractivity contribution is 0.0889. The van der Waals surface area contributed by atoms with Gasteiger partial charge in [0.1, 0.15) is 12.7 Å². The van der Waals surface area contributed by atoms with Crippen molar-refractivity contribution in [3.05, 3.63) is 17.9 Å². The molecule has 0 aromatic carbocycles. The Kier molecular flexibility index (Phi) is 3.75. The Balaban J connectivity index is 1.89. The summed E-state index contributed by atoms with van der Waals surface area (Å²) >= 11 is 5.97. The summed E-state index contributed by atoms with van der Waals surface area (Å²) in [6, 6.07) is 0. The van der Waals surface area contributed by atoms with Crippen molar-refractivity contribution >= 4 is 17.5 Å². The molecule has 1 aliphatic heterocycles. The summed E-state index contributed by atoms with van der Waals surface area (Å²) in [5.41, 5.74) is 0. The van der Waals surface area contributed by atoms with Crippen molar-refractivity contribution in [2.75, 3.05) is 25.1 Å². The zero-order valence-electron chi connectivity index (χ0n) is 11.0. The minimum Gasteiger partial charge on any atom is -0.380 e. The van der Waals surface area contributed by atoms with Crippen molar-refractivity contribution < 1.29 is 4.74 Å². The Labute approximate surface area is 120 Å². The average Bonchev–Trinajstić information content (AvgIpc) is 3.01. The molecule has 106 valence electrons. The first-order chi connectivity index (χ1) is 9.76. The molecule has 3 rings (SSSR count). The van der Waals surface area contributed by atoms with Crippen LogP contribution in [0.1, 0.15) is 12.8 Å². The Morgan fingerprint density at radius 2 is 2.15 bits per heavy atom. The fraction of sp³-hybridized carbons (Fsp3) is 0.545. The maximum absolute atomic E-state index is 5.97. The minimum atomic E-state index is 0.139. The lowest BCUT2D eigenvalue weighted by Crippen LogP contribution is -2.40. The van der Waals surface area contributed by atoms with Crippen molar-refractivity contribution in [3.8, 4) is 5.95 Å². The standard InChI is InChI=1S/C11H14ClN7O/c1-20-8-3-2-4-18(5-8)10-15-9(12)16-11(17-10)19-7-13-6-14-19/h6-8H,2-5H2,1H3. The second-order valence-corrected chi connectivity index (χ2v) is 4.83. The Morgan fingerprint density at radius 3 is 2.90 bits per heavy atom. The monoisotopic (exact) mass is 295 g/mol. The molecule has 2 aromatic heterocycles. The molecule has 1 saturated heterocycles. The van der Waals surface area contributed by atoms with Gasteiger partial charge in [-0.25, -0.2) is 4.98 Å². The number of aromatic nitrogens is 6. The number of hydrogen-bond donors (Lipinski definition) is 0. The van der Waals surface area contributed by atoms with Crippen molar-refractivity contribution in [1.82, 2.24) is 29.7 Å². The third-order valence-electron chi connectivity index (χ3n) is 3.20. The minimum absolute atomic E-state index is 0.139. The van der Waals surface area contributed by atoms with E-state index in [1.165, 1.54) is 17.3 Å². The van der Waals surface area contributed by atoms with Crippen molar-refractivity contribution in [2.45, 2.75) is 18.9 Å². The summed E-state index contributed by atoms with van der Waals surface area (Å²) in [5.74, 6) is 0.897. The highest BCUT2D eigenvalue weighted by molar-refractivity contribution is 6.28. The van der Waals surface area contributed by atoms with Crippen LogP contribution in [0.15, 0.2) is 12.7 Å². The number of halogens is 1. The zero-order chi connectivity index (χ0) is 13.9. The topological polar surface area (TPSA) is 81.9 Å². The average molecular weight is 296 g/mol. The SMILES string of the molecule is COC1CCCN(c2nc(Cl)nc(-n3cncn3)n2)C1. The van der Waals surface area contributed by atoms with E-state index in [9.17, 15) is 0 Å². The van der Waals surface area contributed by atoms with Crippen molar-refractivity contribution in [3.63, 3.8) is 0 Å². The van der Waals surface area contributed by atoms with Gasteiger partial charge < -0.3 is 9.64 Å². The number of anilines is 1. The molecular weight excluding hydrogens is 282 g/mol. The van der Waals surface area contributed by atoms with Gasteiger partial charge in [-0.2, -0.15) is 24.7 Å². The van der Waals surface area contributed by atoms with Gasteiger partial charge in [0, 0.05) is 20.2 Å². The van der Waals surface area contributed by atoms with Gasteiger partial charge in [-0.1, -0.05) is 0 Å². The molecule has 0 N–H and O–H groups in total. The molecule has 1 fully saturated rings. The molecular formula is C11H14ClN7O. The van der Waals surface area contributed by atoms with Crippen molar-refractivity contribution in [1.29, 1.82) is 0 Å². The highest BCUT2D eigenvalue weighted by Crippen LogP contribution is 2.19. The normalized spacial score (nSPS) is 19.3. The molecule has 0 saturated carbocycles. The summed E-state index contributed by atoms with van der Waals surface area (Å²) in [6.07, 6.45) is 5.19. The van der Waals surface area contributed by atoms with Crippen LogP contribution in [0.2, 0.25) is 5.28 Å². The summed E-state index contributed by atoms with van der Waals surface area (Å²) in [4.78, 5) is 18.6. The number of nitrogens with zero attached hydrogens (tertiary/aromatic N) is 7. The summed E-state index contributed by atoms with van der Waals surface area (Å²) in [6.45, 7) is 1.62. The maximum atomic E-state index is 5.97. The van der Waals surface area contributed by atoms with Crippen LogP contribution in [0, 0.1) is 0 Å². The van der Waals surface area contributed by atoms with Crippen LogP contribution in [0.5, 0.6) is 0 Å². The van der Waals surface area contributed by atoms with Gasteiger partial charge >= 0.3 is 0 Å². The van der Waals surface area contributed by atoms with Crippen LogP contribution in [0.25, 0.3) is 5.95 Å². The third kappa shape index (κ3) is 2.70. The van der Waals surface area contributed by atoms with Crippen LogP contribution in [-0.2, 0) is 4.74 Å². The molecule has 1 unspecified atom stereocenters. The molecule has 20 heavy (non-hydrogen) atoms. The largest absolute Gasteiger partial charge is 0.380 e. The van der Waals surface area contributed by atoms with E-state index in [1.54, 1.807) is 7.11 Å². The van der Waals surface area contributed by atoms with Crippen LogP contribution >= 0.6 is 11.6 Å². The van der Waals surface area contributed by atoms with Crippen LogP contribution < -0.4 is 4.90 Å². The zero-order valence-corrected chi connectivity index (χ0v) is 11.7. The second-order valence-electron chi connectivity index (χ2n) is 4.49. The van der Waals surface area contributed by atoms with Gasteiger partial charge in [0.05, 0.1) is 6.10 Å². The van der Waals surface area contributed by atoms with E-state index in [0.717, 1.165) is 25.9 Å². The van der Waals surface area contributed by atoms with E-state index in [-0.39, 0.29) is 11.4 Å². The fourth-order valence-corrected chi connectivity index (χ4v) is 2.35. The first-order valence-corrected chi connectivity index (χ1v) is 6.68. The lowest BCUT2D eigenvalue weighted by Gasteiger charge is -2.31. The van der Waals surface area contributed by atoms with E-state index in [0.29, 0.717) is 11.9 Å². The lowest BCUT2D eigenvalue weighted by atomic mass is 10.1. The van der Waals surface area contributed by atoms with Gasteiger partial charge in [-0.3, -0.25) is 0 Å². The predicted molar refractivity (Wildman–Crippen MR) is 72.0 cm³/mol. The van der Waals surface area contributed by atoms with Gasteiger partial charge in [0.2, 0.25) is 11.2 Å². The Morgan fingerprint density at radius 1 is 1.30 bits per heavy atom. The Hall–Kier alpha value is -1.80.